The topological polar surface area (TPSA) is 287 Å². The summed E-state index contributed by atoms with van der Waals surface area (Å²) in [6.07, 6.45) is 3.68. The number of amides is 1. The summed E-state index contributed by atoms with van der Waals surface area (Å²) in [7, 11) is 1.64. The lowest BCUT2D eigenvalue weighted by atomic mass is 10.1. The maximum absolute atomic E-state index is 13.5. The Labute approximate surface area is 545 Å². The number of H-pyrrole nitrogens is 1. The number of aromatic nitrogens is 3. The molecule has 2 aromatic heterocycles. The van der Waals surface area contributed by atoms with Crippen LogP contribution in [0.4, 0.5) is 11.5 Å². The maximum Gasteiger partial charge on any atom is 0.225 e. The van der Waals surface area contributed by atoms with Crippen molar-refractivity contribution in [3.8, 4) is 0 Å². The first-order valence-corrected chi connectivity index (χ1v) is 33.1. The minimum absolute atomic E-state index is 0.0365. The number of carbonyl (C=O) groups is 2. The van der Waals surface area contributed by atoms with Gasteiger partial charge in [0.05, 0.1) is 256 Å². The molecular formula is C64H113N7O21. The first kappa shape index (κ1) is 80.5. The lowest BCUT2D eigenvalue weighted by Gasteiger charge is -2.36. The molecule has 0 unspecified atom stereocenters. The number of methoxy groups -OCH3 is 1. The van der Waals surface area contributed by atoms with Crippen LogP contribution in [0.3, 0.4) is 0 Å². The zero-order valence-corrected chi connectivity index (χ0v) is 55.8. The molecule has 1 aromatic carbocycles. The standard InChI is InChI=1S/C64H113N7O21/c1-4-5-6-60-67-62-58-55-57(7-8-59(58)66-64(65)63(62)68-60)70-13-11-69(12-14-70)15-20-77-21-16-71(17-22-78-27-30-82-35-38-86-43-46-90-51-49-88-44-41-84-36-33-80-28-25-75-18-9-56(2)72)61(73)10-19-76-26-29-81-34-37-85-42-45-89-50-52-92-54-53-91-48-47-87-40-39-83-32-31-79-24-23-74-3/h7-8,55H,4-6,9-54H2,1-3H3,(H2,65,66)(H,67,68). The fourth-order valence-electron chi connectivity index (χ4n) is 8.87. The van der Waals surface area contributed by atoms with Crippen molar-refractivity contribution >= 4 is 45.1 Å². The number of benzene rings is 1. The molecule has 1 aliphatic heterocycles. The van der Waals surface area contributed by atoms with E-state index < -0.39 is 0 Å². The first-order chi connectivity index (χ1) is 45.4. The molecule has 0 saturated carbocycles. The van der Waals surface area contributed by atoms with Gasteiger partial charge in [-0.1, -0.05) is 13.3 Å². The van der Waals surface area contributed by atoms with E-state index in [0.29, 0.717) is 263 Å². The summed E-state index contributed by atoms with van der Waals surface area (Å²) in [6, 6.07) is 6.36. The number of anilines is 2. The van der Waals surface area contributed by atoms with E-state index in [1.807, 2.05) is 6.07 Å². The Hall–Kier alpha value is -3.96. The molecule has 3 heterocycles. The van der Waals surface area contributed by atoms with Crippen LogP contribution in [-0.2, 0) is 106 Å². The largest absolute Gasteiger partial charge is 0.382 e. The molecule has 4 rings (SSSR count). The lowest BCUT2D eigenvalue weighted by molar-refractivity contribution is -0.134. The quantitative estimate of drug-likeness (QED) is 0.0767. The zero-order chi connectivity index (χ0) is 65.3. The average molecular weight is 1320 g/mol. The number of ether oxygens (including phenoxy) is 19. The van der Waals surface area contributed by atoms with Gasteiger partial charge in [0, 0.05) is 76.8 Å². The highest BCUT2D eigenvalue weighted by atomic mass is 16.6. The number of ketones is 1. The predicted molar refractivity (Wildman–Crippen MR) is 346 cm³/mol. The van der Waals surface area contributed by atoms with E-state index >= 15 is 0 Å². The normalized spacial score (nSPS) is 13.0. The van der Waals surface area contributed by atoms with Crippen molar-refractivity contribution in [3.63, 3.8) is 0 Å². The van der Waals surface area contributed by atoms with Gasteiger partial charge in [0.15, 0.2) is 0 Å². The summed E-state index contributed by atoms with van der Waals surface area (Å²) >= 11 is 0. The van der Waals surface area contributed by atoms with Crippen LogP contribution in [0, 0.1) is 0 Å². The number of fused-ring (bicyclic) bond motifs is 3. The third-order valence-corrected chi connectivity index (χ3v) is 14.0. The van der Waals surface area contributed by atoms with Crippen molar-refractivity contribution in [2.75, 3.05) is 308 Å². The number of nitrogens with one attached hydrogen (secondary N) is 1. The average Bonchev–Trinajstić information content (AvgIpc) is 1.54. The van der Waals surface area contributed by atoms with Gasteiger partial charge >= 0.3 is 0 Å². The van der Waals surface area contributed by atoms with E-state index in [-0.39, 0.29) is 24.7 Å². The second-order valence-electron chi connectivity index (χ2n) is 21.1. The minimum Gasteiger partial charge on any atom is -0.382 e. The van der Waals surface area contributed by atoms with Gasteiger partial charge in [-0.05, 0) is 31.5 Å². The number of imidazole rings is 1. The van der Waals surface area contributed by atoms with E-state index in [1.54, 1.807) is 18.9 Å². The van der Waals surface area contributed by atoms with Crippen LogP contribution in [0.2, 0.25) is 0 Å². The van der Waals surface area contributed by atoms with E-state index in [1.165, 1.54) is 0 Å². The number of piperazine rings is 1. The van der Waals surface area contributed by atoms with Crippen LogP contribution in [0.1, 0.15) is 45.4 Å². The number of nitrogen functional groups attached to an aromatic ring is 1. The van der Waals surface area contributed by atoms with E-state index in [2.05, 4.69) is 38.8 Å². The molecule has 0 spiro atoms. The molecule has 0 atom stereocenters. The van der Waals surface area contributed by atoms with Gasteiger partial charge < -0.3 is 111 Å². The third kappa shape index (κ3) is 41.1. The maximum atomic E-state index is 13.5. The fraction of sp³-hybridized carbons (Fsp3) is 0.812. The van der Waals surface area contributed by atoms with Crippen molar-refractivity contribution in [1.29, 1.82) is 0 Å². The smallest absolute Gasteiger partial charge is 0.225 e. The van der Waals surface area contributed by atoms with E-state index in [0.717, 1.165) is 85.4 Å². The first-order valence-electron chi connectivity index (χ1n) is 33.1. The number of nitrogens with zero attached hydrogens (tertiary/aromatic N) is 5. The van der Waals surface area contributed by atoms with Gasteiger partial charge in [-0.15, -0.1) is 0 Å². The lowest BCUT2D eigenvalue weighted by Crippen LogP contribution is -2.47. The van der Waals surface area contributed by atoms with Crippen molar-refractivity contribution in [1.82, 2.24) is 24.8 Å². The molecule has 28 nitrogen and oxygen atoms in total. The van der Waals surface area contributed by atoms with Gasteiger partial charge in [-0.25, -0.2) is 9.97 Å². The summed E-state index contributed by atoms with van der Waals surface area (Å²) in [6.45, 7) is 25.8. The molecule has 1 aliphatic rings. The number of Topliss-reactive ketones (excluding diaryl/α,β-unsaturated/α-hetero) is 1. The Morgan fingerprint density at radius 3 is 1.24 bits per heavy atom. The van der Waals surface area contributed by atoms with Gasteiger partial charge in [-0.3, -0.25) is 14.5 Å². The predicted octanol–water partition coefficient (Wildman–Crippen LogP) is 3.30. The monoisotopic (exact) mass is 1320 g/mol. The molecule has 0 radical (unpaired) electrons. The van der Waals surface area contributed by atoms with Gasteiger partial charge in [-0.2, -0.15) is 0 Å². The summed E-state index contributed by atoms with van der Waals surface area (Å²) in [5.41, 5.74) is 10.0. The summed E-state index contributed by atoms with van der Waals surface area (Å²) in [5, 5.41) is 1.01. The number of aromatic amines is 1. The second-order valence-corrected chi connectivity index (χ2v) is 21.1. The molecular weight excluding hydrogens is 1200 g/mol. The number of aryl methyl sites for hydroxylation is 1. The SMILES string of the molecule is CCCCc1nc2c([nH]1)c(N)nc1ccc(N3CCN(CCOCCN(CCOCCOCCOCCOCCOCCOCCOCCOCCC(C)=O)C(=O)CCOCCOCCOCCOCCOCCOCCOCCOCCOCCOC)CC3)cc12. The third-order valence-electron chi connectivity index (χ3n) is 14.0. The molecule has 1 saturated heterocycles. The van der Waals surface area contributed by atoms with Crippen LogP contribution in [0.25, 0.3) is 21.9 Å². The highest BCUT2D eigenvalue weighted by molar-refractivity contribution is 6.07. The molecule has 92 heavy (non-hydrogen) atoms. The van der Waals surface area contributed by atoms with Gasteiger partial charge in [0.25, 0.3) is 0 Å². The fourth-order valence-corrected chi connectivity index (χ4v) is 8.87. The molecule has 3 aromatic rings. The van der Waals surface area contributed by atoms with Crippen LogP contribution in [-0.4, -0.2) is 334 Å². The number of carbonyl (C=O) groups excluding carboxylic acids is 2. The van der Waals surface area contributed by atoms with Crippen molar-refractivity contribution < 1.29 is 99.6 Å². The highest BCUT2D eigenvalue weighted by Crippen LogP contribution is 2.30. The number of hydrogen-bond donors (Lipinski definition) is 2. The molecule has 0 aliphatic carbocycles. The molecule has 3 N–H and O–H groups in total. The van der Waals surface area contributed by atoms with Gasteiger partial charge in [0.1, 0.15) is 28.5 Å². The van der Waals surface area contributed by atoms with E-state index in [4.69, 9.17) is 101 Å². The Morgan fingerprint density at radius 1 is 0.478 bits per heavy atom. The zero-order valence-electron chi connectivity index (χ0n) is 55.8. The highest BCUT2D eigenvalue weighted by Gasteiger charge is 2.20. The minimum atomic E-state index is -0.0365. The summed E-state index contributed by atoms with van der Waals surface area (Å²) < 4.78 is 105. The van der Waals surface area contributed by atoms with Crippen molar-refractivity contribution in [3.05, 3.63) is 24.0 Å². The van der Waals surface area contributed by atoms with Crippen molar-refractivity contribution in [2.45, 2.75) is 46.0 Å². The Kier molecular flexibility index (Phi) is 50.1. The number of hydrogen-bond acceptors (Lipinski definition) is 26. The van der Waals surface area contributed by atoms with Crippen molar-refractivity contribution in [2.24, 2.45) is 0 Å². The molecule has 0 bridgehead atoms. The number of nitrogens with two attached hydrogens (primary N) is 1. The summed E-state index contributed by atoms with van der Waals surface area (Å²) in [4.78, 5) is 44.0. The van der Waals surface area contributed by atoms with Crippen LogP contribution in [0.5, 0.6) is 0 Å². The molecule has 28 heteroatoms. The van der Waals surface area contributed by atoms with Crippen LogP contribution < -0.4 is 10.6 Å². The van der Waals surface area contributed by atoms with Crippen LogP contribution >= 0.6 is 0 Å². The van der Waals surface area contributed by atoms with Crippen LogP contribution in [0.15, 0.2) is 18.2 Å². The molecule has 1 fully saturated rings. The number of unbranched alkanes of at least 4 members (excludes halogenated alkanes) is 1. The Bertz CT molecular complexity index is 2220. The Morgan fingerprint density at radius 2 is 0.848 bits per heavy atom. The molecule has 530 valence electrons. The molecule has 1 amide bonds. The Balaban J connectivity index is 0.999. The second kappa shape index (κ2) is 57.3. The summed E-state index contributed by atoms with van der Waals surface area (Å²) in [5.74, 6) is 1.50. The number of pyridine rings is 1. The number of rotatable bonds is 67. The van der Waals surface area contributed by atoms with E-state index in [9.17, 15) is 9.59 Å². The van der Waals surface area contributed by atoms with Gasteiger partial charge in [0.2, 0.25) is 5.91 Å².